The summed E-state index contributed by atoms with van der Waals surface area (Å²) >= 11 is 5.56. The van der Waals surface area contributed by atoms with Crippen molar-refractivity contribution in [2.45, 2.75) is 12.5 Å². The molecule has 0 saturated carbocycles. The Morgan fingerprint density at radius 3 is 2.67 bits per heavy atom. The average Bonchev–Trinajstić information content (AvgIpc) is 2.40. The maximum Gasteiger partial charge on any atom is 0.313 e. The van der Waals surface area contributed by atoms with Crippen LogP contribution in [0.15, 0.2) is 18.2 Å². The molecule has 0 aliphatic rings. The van der Waals surface area contributed by atoms with Gasteiger partial charge in [-0.25, -0.2) is 4.39 Å². The zero-order valence-electron chi connectivity index (χ0n) is 11.6. The van der Waals surface area contributed by atoms with Gasteiger partial charge >= 0.3 is 11.8 Å². The zero-order valence-corrected chi connectivity index (χ0v) is 12.3. The van der Waals surface area contributed by atoms with Gasteiger partial charge in [0.2, 0.25) is 0 Å². The number of aliphatic hydroxyl groups is 1. The van der Waals surface area contributed by atoms with Crippen molar-refractivity contribution in [3.63, 3.8) is 0 Å². The summed E-state index contributed by atoms with van der Waals surface area (Å²) in [5.41, 5.74) is -1.10. The normalized spacial score (nSPS) is 13.4. The van der Waals surface area contributed by atoms with E-state index in [0.717, 1.165) is 6.07 Å². The van der Waals surface area contributed by atoms with Gasteiger partial charge in [0, 0.05) is 19.3 Å². The number of amides is 2. The number of carbonyl (C=O) groups is 2. The molecule has 1 rings (SSSR count). The highest BCUT2D eigenvalue weighted by molar-refractivity contribution is 6.39. The third-order valence-corrected chi connectivity index (χ3v) is 2.76. The Bertz CT molecular complexity index is 537. The Balaban J connectivity index is 2.55. The van der Waals surface area contributed by atoms with Crippen molar-refractivity contribution >= 4 is 29.1 Å². The zero-order chi connectivity index (χ0) is 16.0. The van der Waals surface area contributed by atoms with Crippen LogP contribution in [-0.4, -0.2) is 42.8 Å². The van der Waals surface area contributed by atoms with Gasteiger partial charge in [0.1, 0.15) is 11.4 Å². The van der Waals surface area contributed by atoms with Crippen LogP contribution in [0.5, 0.6) is 0 Å². The van der Waals surface area contributed by atoms with Gasteiger partial charge in [-0.1, -0.05) is 11.6 Å². The van der Waals surface area contributed by atoms with Crippen LogP contribution >= 0.6 is 11.6 Å². The topological polar surface area (TPSA) is 87.7 Å². The van der Waals surface area contributed by atoms with Crippen LogP contribution in [-0.2, 0) is 14.3 Å². The van der Waals surface area contributed by atoms with Crippen molar-refractivity contribution in [2.24, 2.45) is 0 Å². The monoisotopic (exact) mass is 318 g/mol. The summed E-state index contributed by atoms with van der Waals surface area (Å²) in [5.74, 6) is -2.52. The molecule has 1 aromatic carbocycles. The number of nitrogens with one attached hydrogen (secondary N) is 2. The lowest BCUT2D eigenvalue weighted by atomic mass is 10.1. The third-order valence-electron chi connectivity index (χ3n) is 2.47. The van der Waals surface area contributed by atoms with E-state index in [9.17, 15) is 19.1 Å². The summed E-state index contributed by atoms with van der Waals surface area (Å²) in [6.07, 6.45) is 0. The number of ether oxygens (including phenoxy) is 1. The number of hydrogen-bond donors (Lipinski definition) is 3. The van der Waals surface area contributed by atoms with Crippen LogP contribution in [0.25, 0.3) is 0 Å². The smallest absolute Gasteiger partial charge is 0.313 e. The fourth-order valence-electron chi connectivity index (χ4n) is 1.47. The Labute approximate surface area is 126 Å². The standard InChI is InChI=1S/C13H16ClFN2O4/c1-13(20,7-21-2)6-16-11(18)12(19)17-8-3-4-10(15)9(14)5-8/h3-5,20H,6-7H2,1-2H3,(H,16,18)(H,17,19). The van der Waals surface area contributed by atoms with E-state index in [1.54, 1.807) is 0 Å². The molecule has 0 heterocycles. The molecular formula is C13H16ClFN2O4. The lowest BCUT2D eigenvalue weighted by Crippen LogP contribution is -2.46. The molecule has 2 amide bonds. The number of hydrogen-bond acceptors (Lipinski definition) is 4. The minimum atomic E-state index is -1.29. The summed E-state index contributed by atoms with van der Waals surface area (Å²) in [4.78, 5) is 23.2. The maximum absolute atomic E-state index is 13.0. The molecule has 1 aromatic rings. The van der Waals surface area contributed by atoms with Gasteiger partial charge in [-0.05, 0) is 25.1 Å². The molecule has 0 aliphatic carbocycles. The van der Waals surface area contributed by atoms with Crippen LogP contribution in [0.2, 0.25) is 5.02 Å². The number of anilines is 1. The predicted octanol–water partition coefficient (Wildman–Crippen LogP) is 0.931. The van der Waals surface area contributed by atoms with Crippen molar-refractivity contribution in [2.75, 3.05) is 25.6 Å². The molecule has 0 fully saturated rings. The third kappa shape index (κ3) is 5.66. The molecule has 6 nitrogen and oxygen atoms in total. The fourth-order valence-corrected chi connectivity index (χ4v) is 1.66. The van der Waals surface area contributed by atoms with Gasteiger partial charge in [-0.3, -0.25) is 9.59 Å². The highest BCUT2D eigenvalue weighted by atomic mass is 35.5. The van der Waals surface area contributed by atoms with E-state index in [-0.39, 0.29) is 23.9 Å². The highest BCUT2D eigenvalue weighted by Gasteiger charge is 2.23. The van der Waals surface area contributed by atoms with Gasteiger partial charge in [0.25, 0.3) is 0 Å². The number of methoxy groups -OCH3 is 1. The van der Waals surface area contributed by atoms with E-state index >= 15 is 0 Å². The molecule has 116 valence electrons. The van der Waals surface area contributed by atoms with Crippen molar-refractivity contribution in [3.8, 4) is 0 Å². The Morgan fingerprint density at radius 1 is 1.43 bits per heavy atom. The number of benzene rings is 1. The van der Waals surface area contributed by atoms with E-state index in [2.05, 4.69) is 10.6 Å². The number of halogens is 2. The first kappa shape index (κ1) is 17.4. The molecule has 0 aliphatic heterocycles. The lowest BCUT2D eigenvalue weighted by Gasteiger charge is -2.22. The van der Waals surface area contributed by atoms with Gasteiger partial charge in [0.05, 0.1) is 11.6 Å². The van der Waals surface area contributed by atoms with Crippen molar-refractivity contribution < 1.29 is 23.8 Å². The molecule has 1 atom stereocenters. The fraction of sp³-hybridized carbons (Fsp3) is 0.385. The van der Waals surface area contributed by atoms with E-state index in [0.29, 0.717) is 0 Å². The Morgan fingerprint density at radius 2 is 2.10 bits per heavy atom. The van der Waals surface area contributed by atoms with E-state index in [1.165, 1.54) is 26.2 Å². The number of rotatable bonds is 5. The quantitative estimate of drug-likeness (QED) is 0.705. The minimum absolute atomic E-state index is 0.00245. The molecule has 0 aromatic heterocycles. The Hall–Kier alpha value is -1.70. The molecule has 0 saturated heterocycles. The molecule has 8 heteroatoms. The van der Waals surface area contributed by atoms with E-state index < -0.39 is 23.2 Å². The van der Waals surface area contributed by atoms with Crippen molar-refractivity contribution in [1.82, 2.24) is 5.32 Å². The summed E-state index contributed by atoms with van der Waals surface area (Å²) < 4.78 is 17.7. The van der Waals surface area contributed by atoms with Crippen LogP contribution in [0, 0.1) is 5.82 Å². The summed E-state index contributed by atoms with van der Waals surface area (Å²) in [6, 6.07) is 3.52. The second-order valence-corrected chi connectivity index (χ2v) is 5.10. The van der Waals surface area contributed by atoms with Gasteiger partial charge in [0.15, 0.2) is 0 Å². The predicted molar refractivity (Wildman–Crippen MR) is 75.5 cm³/mol. The second kappa shape index (κ2) is 7.35. The molecule has 0 radical (unpaired) electrons. The van der Waals surface area contributed by atoms with E-state index in [4.69, 9.17) is 16.3 Å². The summed E-state index contributed by atoms with van der Waals surface area (Å²) in [7, 11) is 1.40. The minimum Gasteiger partial charge on any atom is -0.386 e. The first-order valence-electron chi connectivity index (χ1n) is 6.01. The average molecular weight is 319 g/mol. The number of carbonyl (C=O) groups excluding carboxylic acids is 2. The van der Waals surface area contributed by atoms with Crippen LogP contribution in [0.4, 0.5) is 10.1 Å². The molecule has 1 unspecified atom stereocenters. The first-order chi connectivity index (χ1) is 9.75. The van der Waals surface area contributed by atoms with Crippen LogP contribution < -0.4 is 10.6 Å². The summed E-state index contributed by atoms with van der Waals surface area (Å²) in [6.45, 7) is 1.30. The van der Waals surface area contributed by atoms with Crippen molar-refractivity contribution in [1.29, 1.82) is 0 Å². The first-order valence-corrected chi connectivity index (χ1v) is 6.38. The largest absolute Gasteiger partial charge is 0.386 e. The van der Waals surface area contributed by atoms with Crippen molar-refractivity contribution in [3.05, 3.63) is 29.0 Å². The second-order valence-electron chi connectivity index (χ2n) is 4.70. The SMILES string of the molecule is COCC(C)(O)CNC(=O)C(=O)Nc1ccc(F)c(Cl)c1. The van der Waals surface area contributed by atoms with E-state index in [1.807, 2.05) is 0 Å². The van der Waals surface area contributed by atoms with Gasteiger partial charge in [-0.15, -0.1) is 0 Å². The lowest BCUT2D eigenvalue weighted by molar-refractivity contribution is -0.137. The van der Waals surface area contributed by atoms with Gasteiger partial charge in [-0.2, -0.15) is 0 Å². The molecule has 0 spiro atoms. The molecule has 0 bridgehead atoms. The maximum atomic E-state index is 13.0. The Kier molecular flexibility index (Phi) is 6.07. The summed E-state index contributed by atoms with van der Waals surface area (Å²) in [5, 5.41) is 14.1. The molecular weight excluding hydrogens is 303 g/mol. The van der Waals surface area contributed by atoms with Crippen LogP contribution in [0.3, 0.4) is 0 Å². The van der Waals surface area contributed by atoms with Gasteiger partial charge < -0.3 is 20.5 Å². The van der Waals surface area contributed by atoms with Crippen LogP contribution in [0.1, 0.15) is 6.92 Å². The highest BCUT2D eigenvalue weighted by Crippen LogP contribution is 2.19. The molecule has 21 heavy (non-hydrogen) atoms. The molecule has 3 N–H and O–H groups in total.